The first-order valence-electron chi connectivity index (χ1n) is 15.1. The Labute approximate surface area is 265 Å². The molecular weight excluding hydrogens is 564 g/mol. The van der Waals surface area contributed by atoms with Gasteiger partial charge < -0.3 is 24.1 Å². The van der Waals surface area contributed by atoms with Crippen molar-refractivity contribution in [3.63, 3.8) is 0 Å². The lowest BCUT2D eigenvalue weighted by Gasteiger charge is -2.37. The molecule has 0 spiro atoms. The summed E-state index contributed by atoms with van der Waals surface area (Å²) < 4.78 is 23.2. The molecule has 0 bridgehead atoms. The van der Waals surface area contributed by atoms with E-state index < -0.39 is 11.5 Å². The Kier molecular flexibility index (Phi) is 10.2. The van der Waals surface area contributed by atoms with Gasteiger partial charge in [0.1, 0.15) is 28.6 Å². The van der Waals surface area contributed by atoms with Crippen molar-refractivity contribution < 1.29 is 28.8 Å². The molecule has 0 radical (unpaired) electrons. The number of hydrogen-bond donors (Lipinski definition) is 1. The summed E-state index contributed by atoms with van der Waals surface area (Å²) in [6.07, 6.45) is 0.175. The van der Waals surface area contributed by atoms with E-state index in [-0.39, 0.29) is 31.3 Å². The molecule has 0 aliphatic heterocycles. The Hall–Kier alpha value is -4.65. The van der Waals surface area contributed by atoms with E-state index in [4.69, 9.17) is 18.9 Å². The normalized spacial score (nSPS) is 12.8. The van der Waals surface area contributed by atoms with Gasteiger partial charge in [0.2, 0.25) is 0 Å². The van der Waals surface area contributed by atoms with Crippen LogP contribution in [0.25, 0.3) is 10.8 Å². The predicted octanol–water partition coefficient (Wildman–Crippen LogP) is 7.55. The maximum absolute atomic E-state index is 13.6. The molecular formula is C39H40O6. The van der Waals surface area contributed by atoms with Crippen molar-refractivity contribution in [2.75, 3.05) is 34.5 Å². The minimum Gasteiger partial charge on any atom is -0.497 e. The van der Waals surface area contributed by atoms with Gasteiger partial charge in [0.15, 0.2) is 0 Å². The molecule has 0 aliphatic rings. The second-order valence-electron chi connectivity index (χ2n) is 11.2. The van der Waals surface area contributed by atoms with Gasteiger partial charge in [0.25, 0.3) is 0 Å². The predicted molar refractivity (Wildman–Crippen MR) is 177 cm³/mol. The quantitative estimate of drug-likeness (QED) is 0.132. The topological polar surface area (TPSA) is 74.2 Å². The maximum Gasteiger partial charge on any atom is 0.143 e. The number of ether oxygens (including phenoxy) is 4. The monoisotopic (exact) mass is 604 g/mol. The van der Waals surface area contributed by atoms with Crippen LogP contribution in [0.4, 0.5) is 0 Å². The largest absolute Gasteiger partial charge is 0.497 e. The first-order valence-corrected chi connectivity index (χ1v) is 15.1. The zero-order chi connectivity index (χ0) is 31.8. The van der Waals surface area contributed by atoms with Crippen molar-refractivity contribution in [1.82, 2.24) is 0 Å². The number of methoxy groups -OCH3 is 3. The molecule has 0 aliphatic carbocycles. The molecule has 5 aromatic carbocycles. The zero-order valence-electron chi connectivity index (χ0n) is 26.2. The molecule has 0 saturated carbocycles. The van der Waals surface area contributed by atoms with Crippen LogP contribution in [0.5, 0.6) is 17.2 Å². The molecule has 0 heterocycles. The lowest BCUT2D eigenvalue weighted by atomic mass is 9.79. The van der Waals surface area contributed by atoms with E-state index in [0.717, 1.165) is 50.3 Å². The highest BCUT2D eigenvalue weighted by atomic mass is 16.5. The standard InChI is InChI=1S/C39H40O6/c1-27(29-10-11-31-24-37(44-4)17-12-30(31)23-29)38(41)22-28(25-40)26-45-39(32-8-6-5-7-9-32,33-13-18-35(42-2)19-14-33)34-15-20-36(43-3)21-16-34/h5-21,23-24,27-28,40H,22,25-26H2,1-4H3/t27-,28?/m0/s1. The summed E-state index contributed by atoms with van der Waals surface area (Å²) in [5.74, 6) is 1.55. The number of carbonyl (C=O) groups is 1. The maximum atomic E-state index is 13.6. The Morgan fingerprint density at radius 3 is 1.73 bits per heavy atom. The highest BCUT2D eigenvalue weighted by Gasteiger charge is 2.38. The molecule has 0 saturated heterocycles. The summed E-state index contributed by atoms with van der Waals surface area (Å²) >= 11 is 0. The number of carbonyl (C=O) groups excluding carboxylic acids is 1. The van der Waals surface area contributed by atoms with Gasteiger partial charge in [0.05, 0.1) is 27.9 Å². The van der Waals surface area contributed by atoms with Crippen LogP contribution in [0.1, 0.15) is 41.5 Å². The van der Waals surface area contributed by atoms with E-state index in [0.29, 0.717) is 0 Å². The van der Waals surface area contributed by atoms with Gasteiger partial charge in [0, 0.05) is 24.9 Å². The highest BCUT2D eigenvalue weighted by molar-refractivity contribution is 5.89. The summed E-state index contributed by atoms with van der Waals surface area (Å²) in [7, 11) is 4.92. The van der Waals surface area contributed by atoms with Crippen LogP contribution in [0.15, 0.2) is 115 Å². The molecule has 6 nitrogen and oxygen atoms in total. The third-order valence-corrected chi connectivity index (χ3v) is 8.51. The summed E-state index contributed by atoms with van der Waals surface area (Å²) in [6.45, 7) is 1.89. The average Bonchev–Trinajstić information content (AvgIpc) is 3.11. The van der Waals surface area contributed by atoms with E-state index in [1.54, 1.807) is 21.3 Å². The Morgan fingerprint density at radius 1 is 0.667 bits per heavy atom. The minimum atomic E-state index is -1.03. The lowest BCUT2D eigenvalue weighted by Crippen LogP contribution is -2.35. The number of aliphatic hydroxyl groups is 1. The van der Waals surface area contributed by atoms with Gasteiger partial charge >= 0.3 is 0 Å². The number of hydrogen-bond acceptors (Lipinski definition) is 6. The fraction of sp³-hybridized carbons (Fsp3) is 0.256. The first kappa shape index (κ1) is 31.8. The third-order valence-electron chi connectivity index (χ3n) is 8.51. The van der Waals surface area contributed by atoms with E-state index in [1.807, 2.05) is 116 Å². The van der Waals surface area contributed by atoms with Gasteiger partial charge in [-0.2, -0.15) is 0 Å². The van der Waals surface area contributed by atoms with Crippen molar-refractivity contribution >= 4 is 16.6 Å². The second kappa shape index (κ2) is 14.4. The Balaban J connectivity index is 1.44. The number of Topliss-reactive ketones (excluding diaryl/α,β-unsaturated/α-hetero) is 1. The Bertz CT molecular complexity index is 1650. The van der Waals surface area contributed by atoms with Crippen LogP contribution in [0.3, 0.4) is 0 Å². The molecule has 5 aromatic rings. The molecule has 1 N–H and O–H groups in total. The van der Waals surface area contributed by atoms with Gasteiger partial charge in [-0.1, -0.05) is 85.8 Å². The second-order valence-corrected chi connectivity index (χ2v) is 11.2. The molecule has 232 valence electrons. The summed E-state index contributed by atoms with van der Waals surface area (Å²) in [4.78, 5) is 13.6. The highest BCUT2D eigenvalue weighted by Crippen LogP contribution is 2.42. The van der Waals surface area contributed by atoms with E-state index in [1.165, 1.54) is 0 Å². The van der Waals surface area contributed by atoms with E-state index in [9.17, 15) is 9.90 Å². The Morgan fingerprint density at radius 2 is 1.18 bits per heavy atom. The minimum absolute atomic E-state index is 0.0460. The van der Waals surface area contributed by atoms with Crippen LogP contribution < -0.4 is 14.2 Å². The van der Waals surface area contributed by atoms with Crippen molar-refractivity contribution in [1.29, 1.82) is 0 Å². The van der Waals surface area contributed by atoms with Crippen LogP contribution in [0, 0.1) is 5.92 Å². The zero-order valence-corrected chi connectivity index (χ0v) is 26.2. The number of rotatable bonds is 14. The summed E-state index contributed by atoms with van der Waals surface area (Å²) in [5.41, 5.74) is 2.61. The number of aliphatic hydroxyl groups excluding tert-OH is 1. The van der Waals surface area contributed by atoms with Crippen molar-refractivity contribution in [2.24, 2.45) is 5.92 Å². The molecule has 2 atom stereocenters. The summed E-state index contributed by atoms with van der Waals surface area (Å²) in [6, 6.07) is 37.6. The fourth-order valence-electron chi connectivity index (χ4n) is 5.78. The SMILES string of the molecule is COc1ccc(C(OCC(CO)CC(=O)[C@@H](C)c2ccc3cc(OC)ccc3c2)(c2ccccc2)c2ccc(OC)cc2)cc1. The fourth-order valence-corrected chi connectivity index (χ4v) is 5.78. The number of ketones is 1. The smallest absolute Gasteiger partial charge is 0.143 e. The number of benzene rings is 5. The average molecular weight is 605 g/mol. The van der Waals surface area contributed by atoms with Crippen molar-refractivity contribution in [3.8, 4) is 17.2 Å². The summed E-state index contributed by atoms with van der Waals surface area (Å²) in [5, 5.41) is 12.6. The first-order chi connectivity index (χ1) is 21.9. The molecule has 1 unspecified atom stereocenters. The number of fused-ring (bicyclic) bond motifs is 1. The van der Waals surface area contributed by atoms with Crippen LogP contribution in [-0.4, -0.2) is 45.4 Å². The van der Waals surface area contributed by atoms with Crippen LogP contribution in [-0.2, 0) is 15.1 Å². The molecule has 5 rings (SSSR count). The van der Waals surface area contributed by atoms with Gasteiger partial charge in [-0.15, -0.1) is 0 Å². The van der Waals surface area contributed by atoms with E-state index in [2.05, 4.69) is 6.07 Å². The molecule has 0 fully saturated rings. The van der Waals surface area contributed by atoms with Crippen LogP contribution >= 0.6 is 0 Å². The van der Waals surface area contributed by atoms with Crippen LogP contribution in [0.2, 0.25) is 0 Å². The molecule has 6 heteroatoms. The molecule has 0 aromatic heterocycles. The van der Waals surface area contributed by atoms with Crippen molar-refractivity contribution in [3.05, 3.63) is 138 Å². The molecule has 0 amide bonds. The van der Waals surface area contributed by atoms with E-state index >= 15 is 0 Å². The van der Waals surface area contributed by atoms with Gasteiger partial charge in [-0.05, 0) is 69.4 Å². The lowest BCUT2D eigenvalue weighted by molar-refractivity contribution is -0.122. The molecule has 45 heavy (non-hydrogen) atoms. The van der Waals surface area contributed by atoms with Gasteiger partial charge in [-0.25, -0.2) is 0 Å². The third kappa shape index (κ3) is 6.88. The van der Waals surface area contributed by atoms with Gasteiger partial charge in [-0.3, -0.25) is 4.79 Å². The van der Waals surface area contributed by atoms with Crippen molar-refractivity contribution in [2.45, 2.75) is 24.9 Å².